The van der Waals surface area contributed by atoms with E-state index in [1.165, 1.54) is 18.5 Å². The monoisotopic (exact) mass is 396 g/mol. The first-order valence-electron chi connectivity index (χ1n) is 7.65. The Balaban J connectivity index is 1.97. The van der Waals surface area contributed by atoms with E-state index in [9.17, 15) is 8.42 Å². The van der Waals surface area contributed by atoms with Crippen LogP contribution in [0.5, 0.6) is 0 Å². The first kappa shape index (κ1) is 18.5. The molecule has 0 unspecified atom stereocenters. The highest BCUT2D eigenvalue weighted by atomic mass is 35.5. The van der Waals surface area contributed by atoms with Crippen LogP contribution in [0.15, 0.2) is 40.0 Å². The van der Waals surface area contributed by atoms with E-state index >= 15 is 0 Å². The van der Waals surface area contributed by atoms with Crippen molar-refractivity contribution in [3.8, 4) is 11.6 Å². The van der Waals surface area contributed by atoms with Gasteiger partial charge in [0.25, 0.3) is 0 Å². The zero-order chi connectivity index (χ0) is 18.9. The highest BCUT2D eigenvalue weighted by molar-refractivity contribution is 7.89. The molecule has 0 saturated heterocycles. The van der Waals surface area contributed by atoms with Gasteiger partial charge in [-0.15, -0.1) is 0 Å². The van der Waals surface area contributed by atoms with Crippen LogP contribution in [0.25, 0.3) is 11.6 Å². The summed E-state index contributed by atoms with van der Waals surface area (Å²) in [5.41, 5.74) is -0.556. The van der Waals surface area contributed by atoms with Crippen molar-refractivity contribution in [3.63, 3.8) is 0 Å². The summed E-state index contributed by atoms with van der Waals surface area (Å²) in [7, 11) is -3.91. The molecule has 0 spiro atoms. The van der Waals surface area contributed by atoms with Gasteiger partial charge in [0.05, 0.1) is 5.02 Å². The molecule has 138 valence electrons. The lowest BCUT2D eigenvalue weighted by Gasteiger charge is -2.28. The maximum Gasteiger partial charge on any atom is 0.245 e. The molecule has 1 aromatic carbocycles. The van der Waals surface area contributed by atoms with Gasteiger partial charge in [-0.05, 0) is 17.5 Å². The molecular weight excluding hydrogens is 380 g/mol. The number of sulfonamides is 1. The van der Waals surface area contributed by atoms with Crippen molar-refractivity contribution in [3.05, 3.63) is 41.5 Å². The van der Waals surface area contributed by atoms with Gasteiger partial charge in [0, 0.05) is 0 Å². The third-order valence-corrected chi connectivity index (χ3v) is 5.50. The number of nitrogens with one attached hydrogen (secondary N) is 2. The number of benzene rings is 1. The summed E-state index contributed by atoms with van der Waals surface area (Å²) >= 11 is 6.03. The molecule has 0 amide bonds. The number of hydrogen-bond acceptors (Lipinski definition) is 7. The van der Waals surface area contributed by atoms with Crippen molar-refractivity contribution in [2.75, 3.05) is 0 Å². The molecule has 3 rings (SSSR count). The minimum absolute atomic E-state index is 0.0223. The summed E-state index contributed by atoms with van der Waals surface area (Å²) < 4.78 is 33.5. The number of hydrogen-bond donors (Lipinski definition) is 2. The minimum atomic E-state index is -3.91. The molecule has 2 aromatic heterocycles. The minimum Gasteiger partial charge on any atom is -0.337 e. The summed E-state index contributed by atoms with van der Waals surface area (Å²) in [4.78, 5) is 8.17. The highest BCUT2D eigenvalue weighted by Crippen LogP contribution is 2.34. The second-order valence-corrected chi connectivity index (χ2v) is 8.73. The first-order valence-corrected chi connectivity index (χ1v) is 9.51. The lowest BCUT2D eigenvalue weighted by atomic mass is 9.87. The third kappa shape index (κ3) is 3.76. The van der Waals surface area contributed by atoms with E-state index in [0.29, 0.717) is 5.82 Å². The Hall–Kier alpha value is -2.30. The number of halogens is 1. The van der Waals surface area contributed by atoms with Gasteiger partial charge in [-0.2, -0.15) is 14.8 Å². The molecule has 0 aliphatic rings. The summed E-state index contributed by atoms with van der Waals surface area (Å²) in [6, 6.07) is 5.41. The third-order valence-electron chi connectivity index (χ3n) is 3.58. The van der Waals surface area contributed by atoms with Gasteiger partial charge in [0.2, 0.25) is 21.7 Å². The predicted octanol–water partition coefficient (Wildman–Crippen LogP) is 2.57. The fourth-order valence-corrected chi connectivity index (χ4v) is 4.16. The van der Waals surface area contributed by atoms with Crippen molar-refractivity contribution in [1.82, 2.24) is 30.0 Å². The summed E-state index contributed by atoms with van der Waals surface area (Å²) in [6.45, 7) is 5.56. The van der Waals surface area contributed by atoms with Crippen LogP contribution in [-0.2, 0) is 10.0 Å². The van der Waals surface area contributed by atoms with Crippen LogP contribution < -0.4 is 4.72 Å². The first-order chi connectivity index (χ1) is 12.2. The lowest BCUT2D eigenvalue weighted by Crippen LogP contribution is -2.37. The Morgan fingerprint density at radius 2 is 2.00 bits per heavy atom. The predicted molar refractivity (Wildman–Crippen MR) is 93.6 cm³/mol. The van der Waals surface area contributed by atoms with Crippen molar-refractivity contribution in [2.45, 2.75) is 31.7 Å². The summed E-state index contributed by atoms with van der Waals surface area (Å²) in [5.74, 6) is 0.616. The molecule has 0 aliphatic heterocycles. The smallest absolute Gasteiger partial charge is 0.245 e. The maximum atomic E-state index is 12.8. The highest BCUT2D eigenvalue weighted by Gasteiger charge is 2.36. The van der Waals surface area contributed by atoms with Crippen LogP contribution in [0.4, 0.5) is 0 Å². The quantitative estimate of drug-likeness (QED) is 0.678. The van der Waals surface area contributed by atoms with Gasteiger partial charge in [-0.3, -0.25) is 5.10 Å². The molecular formula is C15H17ClN6O3S. The van der Waals surface area contributed by atoms with E-state index in [4.69, 9.17) is 16.1 Å². The molecule has 2 N–H and O–H groups in total. The molecule has 26 heavy (non-hydrogen) atoms. The van der Waals surface area contributed by atoms with Gasteiger partial charge < -0.3 is 4.52 Å². The van der Waals surface area contributed by atoms with Gasteiger partial charge >= 0.3 is 0 Å². The lowest BCUT2D eigenvalue weighted by molar-refractivity contribution is 0.236. The normalized spacial score (nSPS) is 13.7. The molecule has 3 aromatic rings. The Morgan fingerprint density at radius 3 is 2.62 bits per heavy atom. The van der Waals surface area contributed by atoms with Crippen LogP contribution in [0.2, 0.25) is 5.02 Å². The molecule has 9 nitrogen and oxygen atoms in total. The van der Waals surface area contributed by atoms with E-state index in [-0.39, 0.29) is 21.6 Å². The molecule has 2 heterocycles. The van der Waals surface area contributed by atoms with Crippen LogP contribution in [0.1, 0.15) is 32.7 Å². The van der Waals surface area contributed by atoms with E-state index < -0.39 is 21.5 Å². The largest absolute Gasteiger partial charge is 0.337 e. The number of nitrogens with zero attached hydrogens (tertiary/aromatic N) is 4. The number of aromatic nitrogens is 5. The van der Waals surface area contributed by atoms with Gasteiger partial charge in [0.1, 0.15) is 17.3 Å². The summed E-state index contributed by atoms with van der Waals surface area (Å²) in [6.07, 6.45) is 1.31. The van der Waals surface area contributed by atoms with E-state index in [2.05, 4.69) is 30.0 Å². The zero-order valence-corrected chi connectivity index (χ0v) is 15.8. The number of aromatic amines is 1. The van der Waals surface area contributed by atoms with Gasteiger partial charge in [0.15, 0.2) is 5.82 Å². The van der Waals surface area contributed by atoms with E-state index in [1.807, 2.05) is 20.8 Å². The van der Waals surface area contributed by atoms with Crippen molar-refractivity contribution < 1.29 is 12.9 Å². The van der Waals surface area contributed by atoms with Crippen LogP contribution in [0, 0.1) is 5.41 Å². The zero-order valence-electron chi connectivity index (χ0n) is 14.3. The van der Waals surface area contributed by atoms with Gasteiger partial charge in [-0.25, -0.2) is 13.4 Å². The van der Waals surface area contributed by atoms with E-state index in [0.717, 1.165) is 0 Å². The Kier molecular flexibility index (Phi) is 4.82. The van der Waals surface area contributed by atoms with E-state index in [1.54, 1.807) is 12.1 Å². The molecule has 0 aliphatic carbocycles. The van der Waals surface area contributed by atoms with Crippen LogP contribution >= 0.6 is 11.6 Å². The number of H-pyrrole nitrogens is 1. The standard InChI is InChI=1S/C15H17ClN6O3S/c1-15(2,3)11(14-19-13(21-25-14)12-17-8-18-20-12)22-26(23,24)10-7-5-4-6-9(10)16/h4-8,11,22H,1-3H3,(H,17,18,20)/t11-/m0/s1. The molecule has 1 atom stereocenters. The second kappa shape index (κ2) is 6.78. The SMILES string of the molecule is CC(C)(C)[C@@H](NS(=O)(=O)c1ccccc1Cl)c1nc(-c2ncn[nH]2)no1. The average molecular weight is 397 g/mol. The molecule has 0 radical (unpaired) electrons. The maximum absolute atomic E-state index is 12.8. The van der Waals surface area contributed by atoms with Gasteiger partial charge in [-0.1, -0.05) is 49.7 Å². The Bertz CT molecular complexity index is 995. The molecule has 0 bridgehead atoms. The second-order valence-electron chi connectivity index (χ2n) is 6.64. The number of rotatable bonds is 5. The van der Waals surface area contributed by atoms with Crippen molar-refractivity contribution in [2.24, 2.45) is 5.41 Å². The molecule has 11 heteroatoms. The van der Waals surface area contributed by atoms with Crippen LogP contribution in [-0.4, -0.2) is 33.7 Å². The molecule has 0 saturated carbocycles. The Labute approximate surface area is 155 Å². The fraction of sp³-hybridized carbons (Fsp3) is 0.333. The fourth-order valence-electron chi connectivity index (χ4n) is 2.24. The topological polar surface area (TPSA) is 127 Å². The molecule has 0 fully saturated rings. The van der Waals surface area contributed by atoms with Crippen molar-refractivity contribution in [1.29, 1.82) is 0 Å². The average Bonchev–Trinajstić information content (AvgIpc) is 3.23. The summed E-state index contributed by atoms with van der Waals surface area (Å²) in [5, 5.41) is 10.3. The van der Waals surface area contributed by atoms with Crippen molar-refractivity contribution >= 4 is 21.6 Å². The Morgan fingerprint density at radius 1 is 1.27 bits per heavy atom. The van der Waals surface area contributed by atoms with Crippen LogP contribution in [0.3, 0.4) is 0 Å².